The Kier molecular flexibility index (Phi) is 5.76. The molecule has 0 unspecified atom stereocenters. The van der Waals surface area contributed by atoms with Crippen LogP contribution >= 0.6 is 11.6 Å². The Bertz CT molecular complexity index is 1120. The predicted octanol–water partition coefficient (Wildman–Crippen LogP) is 5.39. The number of halogens is 2. The molecule has 0 amide bonds. The maximum Gasteiger partial charge on any atom is 0.262 e. The van der Waals surface area contributed by atoms with Crippen molar-refractivity contribution in [2.24, 2.45) is 0 Å². The van der Waals surface area contributed by atoms with Crippen LogP contribution in [0, 0.1) is 12.7 Å². The van der Waals surface area contributed by atoms with E-state index in [0.717, 1.165) is 12.1 Å². The van der Waals surface area contributed by atoms with Gasteiger partial charge in [0.1, 0.15) is 17.3 Å². The van der Waals surface area contributed by atoms with Gasteiger partial charge in [0.05, 0.1) is 17.7 Å². The first kappa shape index (κ1) is 20.0. The van der Waals surface area contributed by atoms with Crippen LogP contribution in [0.3, 0.4) is 0 Å². The highest BCUT2D eigenvalue weighted by molar-refractivity contribution is 7.92. The van der Waals surface area contributed by atoms with Crippen LogP contribution in [0.1, 0.15) is 5.56 Å². The van der Waals surface area contributed by atoms with Crippen LogP contribution in [0.25, 0.3) is 0 Å². The van der Waals surface area contributed by atoms with Gasteiger partial charge in [-0.2, -0.15) is 0 Å². The minimum absolute atomic E-state index is 0.0406. The van der Waals surface area contributed by atoms with Gasteiger partial charge >= 0.3 is 0 Å². The molecule has 0 heterocycles. The lowest BCUT2D eigenvalue weighted by molar-refractivity contribution is 0.409. The number of aryl methyl sites for hydroxylation is 1. The zero-order chi connectivity index (χ0) is 20.3. The number of nitrogens with one attached hydrogen (secondary N) is 1. The maximum absolute atomic E-state index is 13.3. The molecule has 0 spiro atoms. The van der Waals surface area contributed by atoms with Gasteiger partial charge in [0.2, 0.25) is 0 Å². The third-order valence-electron chi connectivity index (χ3n) is 3.88. The predicted molar refractivity (Wildman–Crippen MR) is 106 cm³/mol. The Morgan fingerprint density at radius 1 is 1.00 bits per heavy atom. The van der Waals surface area contributed by atoms with Crippen LogP contribution in [0.5, 0.6) is 17.2 Å². The highest BCUT2D eigenvalue weighted by Gasteiger charge is 2.20. The molecule has 3 rings (SSSR count). The van der Waals surface area contributed by atoms with Crippen LogP contribution in [-0.2, 0) is 10.0 Å². The molecule has 0 fully saturated rings. The van der Waals surface area contributed by atoms with Gasteiger partial charge in [0.25, 0.3) is 10.0 Å². The van der Waals surface area contributed by atoms with E-state index in [4.69, 9.17) is 21.1 Å². The molecule has 0 saturated heterocycles. The van der Waals surface area contributed by atoms with Gasteiger partial charge in [0.15, 0.2) is 5.75 Å². The van der Waals surface area contributed by atoms with E-state index in [-0.39, 0.29) is 21.9 Å². The van der Waals surface area contributed by atoms with E-state index in [2.05, 4.69) is 4.72 Å². The molecule has 3 aromatic rings. The molecule has 28 heavy (non-hydrogen) atoms. The van der Waals surface area contributed by atoms with Crippen molar-refractivity contribution in [2.45, 2.75) is 11.8 Å². The average Bonchev–Trinajstić information content (AvgIpc) is 2.63. The number of hydrogen-bond donors (Lipinski definition) is 1. The Hall–Kier alpha value is -2.77. The minimum atomic E-state index is -3.99. The summed E-state index contributed by atoms with van der Waals surface area (Å²) in [7, 11) is -2.45. The molecular weight excluding hydrogens is 405 g/mol. The number of sulfonamides is 1. The fourth-order valence-electron chi connectivity index (χ4n) is 2.58. The van der Waals surface area contributed by atoms with Crippen LogP contribution in [-0.4, -0.2) is 15.5 Å². The number of ether oxygens (including phenoxy) is 2. The normalized spacial score (nSPS) is 11.1. The fourth-order valence-corrected chi connectivity index (χ4v) is 4.04. The first-order chi connectivity index (χ1) is 13.3. The summed E-state index contributed by atoms with van der Waals surface area (Å²) in [5.74, 6) is 0.790. The van der Waals surface area contributed by atoms with Gasteiger partial charge in [-0.1, -0.05) is 17.7 Å². The van der Waals surface area contributed by atoms with E-state index in [0.29, 0.717) is 16.5 Å². The van der Waals surface area contributed by atoms with E-state index in [1.165, 1.54) is 26.2 Å². The molecule has 0 atom stereocenters. The summed E-state index contributed by atoms with van der Waals surface area (Å²) in [5, 5.41) is 0.325. The van der Waals surface area contributed by atoms with Gasteiger partial charge in [0, 0.05) is 11.1 Å². The molecule has 0 aliphatic rings. The van der Waals surface area contributed by atoms with E-state index < -0.39 is 15.8 Å². The monoisotopic (exact) mass is 421 g/mol. The Morgan fingerprint density at radius 3 is 2.46 bits per heavy atom. The smallest absolute Gasteiger partial charge is 0.262 e. The molecule has 1 N–H and O–H groups in total. The lowest BCUT2D eigenvalue weighted by atomic mass is 10.2. The van der Waals surface area contributed by atoms with Crippen molar-refractivity contribution in [1.82, 2.24) is 0 Å². The lowest BCUT2D eigenvalue weighted by Crippen LogP contribution is -2.15. The molecule has 0 aliphatic heterocycles. The molecule has 0 aromatic heterocycles. The van der Waals surface area contributed by atoms with Crippen LogP contribution in [0.4, 0.5) is 10.1 Å². The number of hydrogen-bond acceptors (Lipinski definition) is 4. The van der Waals surface area contributed by atoms with Crippen molar-refractivity contribution >= 4 is 27.3 Å². The number of methoxy groups -OCH3 is 1. The SMILES string of the molecule is COc1cccc(Oc2ccc(Cl)cc2NS(=O)(=O)c2ccc(F)cc2C)c1. The third-order valence-corrected chi connectivity index (χ3v) is 5.64. The van der Waals surface area contributed by atoms with Crippen LogP contribution < -0.4 is 14.2 Å². The molecular formula is C20H17ClFNO4S. The second kappa shape index (κ2) is 8.08. The maximum atomic E-state index is 13.3. The molecule has 0 saturated carbocycles. The fraction of sp³-hybridized carbons (Fsp3) is 0.100. The highest BCUT2D eigenvalue weighted by Crippen LogP contribution is 2.34. The minimum Gasteiger partial charge on any atom is -0.497 e. The zero-order valence-corrected chi connectivity index (χ0v) is 16.6. The zero-order valence-electron chi connectivity index (χ0n) is 15.1. The van der Waals surface area contributed by atoms with Crippen molar-refractivity contribution in [1.29, 1.82) is 0 Å². The molecule has 0 aliphatic carbocycles. The summed E-state index contributed by atoms with van der Waals surface area (Å²) < 4.78 is 52.4. The van der Waals surface area contributed by atoms with Crippen molar-refractivity contribution in [3.05, 3.63) is 77.1 Å². The summed E-state index contributed by atoms with van der Waals surface area (Å²) in [5.41, 5.74) is 0.434. The van der Waals surface area contributed by atoms with Crippen molar-refractivity contribution in [3.63, 3.8) is 0 Å². The number of anilines is 1. The summed E-state index contributed by atoms with van der Waals surface area (Å²) in [4.78, 5) is -0.0406. The van der Waals surface area contributed by atoms with Gasteiger partial charge in [-0.15, -0.1) is 0 Å². The number of rotatable bonds is 6. The molecule has 5 nitrogen and oxygen atoms in total. The molecule has 146 valence electrons. The summed E-state index contributed by atoms with van der Waals surface area (Å²) in [6, 6.07) is 14.9. The quantitative estimate of drug-likeness (QED) is 0.579. The highest BCUT2D eigenvalue weighted by atomic mass is 35.5. The third kappa shape index (κ3) is 4.55. The summed E-state index contributed by atoms with van der Waals surface area (Å²) in [6.07, 6.45) is 0. The van der Waals surface area contributed by atoms with Gasteiger partial charge in [-0.25, -0.2) is 12.8 Å². The Balaban J connectivity index is 1.96. The second-order valence-electron chi connectivity index (χ2n) is 5.94. The largest absolute Gasteiger partial charge is 0.497 e. The standard InChI is InChI=1S/C20H17ClFNO4S/c1-13-10-15(22)7-9-20(13)28(24,25)23-18-11-14(21)6-8-19(18)27-17-5-3-4-16(12-17)26-2/h3-12,23H,1-2H3. The van der Waals surface area contributed by atoms with Crippen LogP contribution in [0.15, 0.2) is 65.6 Å². The first-order valence-corrected chi connectivity index (χ1v) is 10.0. The average molecular weight is 422 g/mol. The van der Waals surface area contributed by atoms with E-state index in [1.54, 1.807) is 36.4 Å². The first-order valence-electron chi connectivity index (χ1n) is 8.19. The lowest BCUT2D eigenvalue weighted by Gasteiger charge is -2.15. The summed E-state index contributed by atoms with van der Waals surface area (Å²) in [6.45, 7) is 1.52. The Morgan fingerprint density at radius 2 is 1.75 bits per heavy atom. The molecule has 3 aromatic carbocycles. The van der Waals surface area contributed by atoms with E-state index >= 15 is 0 Å². The van der Waals surface area contributed by atoms with Crippen molar-refractivity contribution < 1.29 is 22.3 Å². The topological polar surface area (TPSA) is 64.6 Å². The van der Waals surface area contributed by atoms with E-state index in [1.807, 2.05) is 0 Å². The van der Waals surface area contributed by atoms with E-state index in [9.17, 15) is 12.8 Å². The van der Waals surface area contributed by atoms with Crippen molar-refractivity contribution in [3.8, 4) is 17.2 Å². The molecule has 8 heteroatoms. The Labute approximate surface area is 167 Å². The van der Waals surface area contributed by atoms with Gasteiger partial charge < -0.3 is 9.47 Å². The van der Waals surface area contributed by atoms with Gasteiger partial charge in [-0.05, 0) is 61.0 Å². The van der Waals surface area contributed by atoms with Gasteiger partial charge in [-0.3, -0.25) is 4.72 Å². The summed E-state index contributed by atoms with van der Waals surface area (Å²) >= 11 is 6.03. The van der Waals surface area contributed by atoms with Crippen LogP contribution in [0.2, 0.25) is 5.02 Å². The second-order valence-corrected chi connectivity index (χ2v) is 8.02. The molecule has 0 bridgehead atoms. The number of benzene rings is 3. The molecule has 0 radical (unpaired) electrons. The van der Waals surface area contributed by atoms with Crippen molar-refractivity contribution in [2.75, 3.05) is 11.8 Å².